The fourth-order valence-corrected chi connectivity index (χ4v) is 0.877. The molecular formula is C10H19ClN2. The molecule has 4 N–H and O–H groups in total. The van der Waals surface area contributed by atoms with Crippen LogP contribution in [-0.2, 0) is 6.54 Å². The van der Waals surface area contributed by atoms with Crippen LogP contribution in [0.3, 0.4) is 0 Å². The molecule has 0 aliphatic carbocycles. The fourth-order valence-electron chi connectivity index (χ4n) is 0.664. The molecule has 3 heteroatoms. The van der Waals surface area contributed by atoms with Gasteiger partial charge in [-0.2, -0.15) is 0 Å². The Labute approximate surface area is 85.9 Å². The quantitative estimate of drug-likeness (QED) is 0.735. The largest absolute Gasteiger partial charge is 0.333 e. The molecule has 1 rings (SSSR count). The van der Waals surface area contributed by atoms with Crippen molar-refractivity contribution in [3.8, 4) is 0 Å². The van der Waals surface area contributed by atoms with E-state index in [2.05, 4.69) is 5.73 Å². The monoisotopic (exact) mass is 202 g/mol. The Morgan fingerprint density at radius 3 is 2.08 bits per heavy atom. The summed E-state index contributed by atoms with van der Waals surface area (Å²) in [6.45, 7) is 4.56. The lowest BCUT2D eigenvalue weighted by atomic mass is 10.2. The third kappa shape index (κ3) is 7.78. The lowest BCUT2D eigenvalue weighted by Gasteiger charge is -1.93. The van der Waals surface area contributed by atoms with Crippen LogP contribution in [0.15, 0.2) is 24.3 Å². The number of hydrogen-bond donors (Lipinski definition) is 2. The first-order valence-electron chi connectivity index (χ1n) is 4.35. The van der Waals surface area contributed by atoms with Crippen molar-refractivity contribution >= 4 is 11.6 Å². The highest BCUT2D eigenvalue weighted by molar-refractivity contribution is 6.30. The summed E-state index contributed by atoms with van der Waals surface area (Å²) < 4.78 is 0. The van der Waals surface area contributed by atoms with Crippen LogP contribution in [0.2, 0.25) is 5.02 Å². The fraction of sp³-hybridized carbons (Fsp3) is 0.400. The Hall–Kier alpha value is -0.570. The standard InChI is InChI=1S/C7H8ClN.C2H6.CH5N/c8-7-3-1-2-6(4-7)5-9;2*1-2/h1-4H,5,9H2;1-2H3;2H2,1H3. The SMILES string of the molecule is CC.CN.NCc1cccc(Cl)c1. The minimum absolute atomic E-state index is 0.556. The Morgan fingerprint density at radius 1 is 1.23 bits per heavy atom. The van der Waals surface area contributed by atoms with Crippen LogP contribution in [0.1, 0.15) is 19.4 Å². The van der Waals surface area contributed by atoms with Crippen molar-refractivity contribution in [2.75, 3.05) is 7.05 Å². The predicted molar refractivity (Wildman–Crippen MR) is 60.8 cm³/mol. The smallest absolute Gasteiger partial charge is 0.0409 e. The van der Waals surface area contributed by atoms with E-state index >= 15 is 0 Å². The van der Waals surface area contributed by atoms with E-state index in [1.54, 1.807) is 0 Å². The summed E-state index contributed by atoms with van der Waals surface area (Å²) in [5, 5.41) is 0.748. The molecule has 1 aromatic carbocycles. The van der Waals surface area contributed by atoms with Crippen LogP contribution in [0.4, 0.5) is 0 Å². The van der Waals surface area contributed by atoms with Crippen LogP contribution in [0, 0.1) is 0 Å². The van der Waals surface area contributed by atoms with Gasteiger partial charge in [0.05, 0.1) is 0 Å². The van der Waals surface area contributed by atoms with Crippen LogP contribution >= 0.6 is 11.6 Å². The molecule has 76 valence electrons. The van der Waals surface area contributed by atoms with E-state index < -0.39 is 0 Å². The second-order valence-corrected chi connectivity index (χ2v) is 2.27. The average Bonchev–Trinajstić information content (AvgIpc) is 2.24. The van der Waals surface area contributed by atoms with Crippen molar-refractivity contribution in [2.24, 2.45) is 11.5 Å². The molecule has 0 saturated carbocycles. The molecule has 0 saturated heterocycles. The van der Waals surface area contributed by atoms with Crippen molar-refractivity contribution < 1.29 is 0 Å². The van der Waals surface area contributed by atoms with Crippen molar-refractivity contribution in [1.82, 2.24) is 0 Å². The third-order valence-corrected chi connectivity index (χ3v) is 1.36. The van der Waals surface area contributed by atoms with Gasteiger partial charge in [0, 0.05) is 11.6 Å². The molecule has 0 aliphatic heterocycles. The van der Waals surface area contributed by atoms with E-state index in [-0.39, 0.29) is 0 Å². The lowest BCUT2D eigenvalue weighted by molar-refractivity contribution is 1.07. The number of hydrogen-bond acceptors (Lipinski definition) is 2. The molecule has 0 aromatic heterocycles. The van der Waals surface area contributed by atoms with E-state index in [4.69, 9.17) is 17.3 Å². The van der Waals surface area contributed by atoms with Gasteiger partial charge in [0.25, 0.3) is 0 Å². The summed E-state index contributed by atoms with van der Waals surface area (Å²) in [7, 11) is 1.50. The Bertz CT molecular complexity index is 202. The molecule has 0 aliphatic rings. The van der Waals surface area contributed by atoms with Gasteiger partial charge in [-0.25, -0.2) is 0 Å². The Kier molecular flexibility index (Phi) is 13.1. The van der Waals surface area contributed by atoms with E-state index in [0.717, 1.165) is 10.6 Å². The van der Waals surface area contributed by atoms with Gasteiger partial charge in [-0.05, 0) is 24.7 Å². The first-order chi connectivity index (χ1) is 6.33. The van der Waals surface area contributed by atoms with Crippen molar-refractivity contribution in [1.29, 1.82) is 0 Å². The van der Waals surface area contributed by atoms with E-state index in [1.165, 1.54) is 7.05 Å². The highest BCUT2D eigenvalue weighted by atomic mass is 35.5. The molecule has 0 bridgehead atoms. The summed E-state index contributed by atoms with van der Waals surface area (Å²) in [6.07, 6.45) is 0. The molecule has 2 nitrogen and oxygen atoms in total. The third-order valence-electron chi connectivity index (χ3n) is 1.12. The highest BCUT2D eigenvalue weighted by Crippen LogP contribution is 2.09. The van der Waals surface area contributed by atoms with Crippen molar-refractivity contribution in [2.45, 2.75) is 20.4 Å². The zero-order valence-corrected chi connectivity index (χ0v) is 9.31. The minimum atomic E-state index is 0.556. The molecule has 0 amide bonds. The second-order valence-electron chi connectivity index (χ2n) is 1.83. The summed E-state index contributed by atoms with van der Waals surface area (Å²) in [5.41, 5.74) is 10.9. The summed E-state index contributed by atoms with van der Waals surface area (Å²) in [4.78, 5) is 0. The lowest BCUT2D eigenvalue weighted by Crippen LogP contribution is -1.94. The van der Waals surface area contributed by atoms with Crippen molar-refractivity contribution in [3.63, 3.8) is 0 Å². The normalized spacial score (nSPS) is 7.54. The van der Waals surface area contributed by atoms with Gasteiger partial charge in [-0.3, -0.25) is 0 Å². The molecule has 13 heavy (non-hydrogen) atoms. The Morgan fingerprint density at radius 2 is 1.77 bits per heavy atom. The maximum Gasteiger partial charge on any atom is 0.0409 e. The topological polar surface area (TPSA) is 52.0 Å². The summed E-state index contributed by atoms with van der Waals surface area (Å²) in [6, 6.07) is 7.54. The van der Waals surface area contributed by atoms with E-state index in [9.17, 15) is 0 Å². The maximum atomic E-state index is 5.67. The molecular weight excluding hydrogens is 184 g/mol. The predicted octanol–water partition coefficient (Wildman–Crippen LogP) is 2.40. The molecule has 0 radical (unpaired) electrons. The van der Waals surface area contributed by atoms with Crippen LogP contribution in [0.5, 0.6) is 0 Å². The first-order valence-corrected chi connectivity index (χ1v) is 4.73. The van der Waals surface area contributed by atoms with Gasteiger partial charge >= 0.3 is 0 Å². The number of halogens is 1. The molecule has 0 spiro atoms. The first kappa shape index (κ1) is 14.9. The summed E-state index contributed by atoms with van der Waals surface area (Å²) in [5.74, 6) is 0. The van der Waals surface area contributed by atoms with Crippen LogP contribution in [0.25, 0.3) is 0 Å². The number of nitrogens with two attached hydrogens (primary N) is 2. The van der Waals surface area contributed by atoms with Gasteiger partial charge in [0.1, 0.15) is 0 Å². The maximum absolute atomic E-state index is 5.67. The van der Waals surface area contributed by atoms with Crippen molar-refractivity contribution in [3.05, 3.63) is 34.9 Å². The molecule has 0 unspecified atom stereocenters. The second kappa shape index (κ2) is 11.4. The molecule has 1 aromatic rings. The highest BCUT2D eigenvalue weighted by Gasteiger charge is 1.87. The van der Waals surface area contributed by atoms with Gasteiger partial charge in [0.15, 0.2) is 0 Å². The van der Waals surface area contributed by atoms with Crippen LogP contribution < -0.4 is 11.5 Å². The molecule has 0 heterocycles. The number of rotatable bonds is 1. The van der Waals surface area contributed by atoms with E-state index in [1.807, 2.05) is 38.1 Å². The van der Waals surface area contributed by atoms with Gasteiger partial charge in [-0.15, -0.1) is 0 Å². The minimum Gasteiger partial charge on any atom is -0.333 e. The number of benzene rings is 1. The van der Waals surface area contributed by atoms with E-state index in [0.29, 0.717) is 6.54 Å². The van der Waals surface area contributed by atoms with Gasteiger partial charge in [-0.1, -0.05) is 37.6 Å². The zero-order chi connectivity index (χ0) is 10.7. The van der Waals surface area contributed by atoms with Gasteiger partial charge < -0.3 is 11.5 Å². The molecule has 0 fully saturated rings. The van der Waals surface area contributed by atoms with Crippen LogP contribution in [-0.4, -0.2) is 7.05 Å². The average molecular weight is 203 g/mol. The Balaban J connectivity index is 0. The zero-order valence-electron chi connectivity index (χ0n) is 8.55. The van der Waals surface area contributed by atoms with Gasteiger partial charge in [0.2, 0.25) is 0 Å². The summed E-state index contributed by atoms with van der Waals surface area (Å²) >= 11 is 5.67. The molecule has 0 atom stereocenters.